The topological polar surface area (TPSA) is 60.2 Å². The van der Waals surface area contributed by atoms with Gasteiger partial charge in [0.05, 0.1) is 15.4 Å². The van der Waals surface area contributed by atoms with Crippen molar-refractivity contribution in [3.05, 3.63) is 34.2 Å². The van der Waals surface area contributed by atoms with Gasteiger partial charge in [-0.15, -0.1) is 0 Å². The first kappa shape index (κ1) is 12.1. The highest BCUT2D eigenvalue weighted by atomic mass is 32.2. The molecular formula is C10H8F3NO2S. The molecule has 0 fully saturated rings. The monoisotopic (exact) mass is 263 g/mol. The van der Waals surface area contributed by atoms with Crippen LogP contribution >= 0.6 is 0 Å². The molecule has 7 heteroatoms. The van der Waals surface area contributed by atoms with Gasteiger partial charge in [0.2, 0.25) is 9.84 Å². The summed E-state index contributed by atoms with van der Waals surface area (Å²) in [6.45, 7) is -0.224. The lowest BCUT2D eigenvalue weighted by molar-refractivity contribution is -0.137. The Morgan fingerprint density at radius 3 is 2.41 bits per heavy atom. The van der Waals surface area contributed by atoms with Crippen molar-refractivity contribution in [3.8, 4) is 0 Å². The van der Waals surface area contributed by atoms with Gasteiger partial charge in [0, 0.05) is 6.54 Å². The summed E-state index contributed by atoms with van der Waals surface area (Å²) in [5.41, 5.74) is 4.41. The van der Waals surface area contributed by atoms with E-state index in [-0.39, 0.29) is 21.9 Å². The van der Waals surface area contributed by atoms with Crippen LogP contribution in [-0.2, 0) is 16.0 Å². The lowest BCUT2D eigenvalue weighted by Gasteiger charge is -2.07. The molecule has 0 atom stereocenters. The minimum absolute atomic E-state index is 0.0419. The molecule has 1 heterocycles. The third-order valence-electron chi connectivity index (χ3n) is 2.49. The normalized spacial score (nSPS) is 17.8. The Balaban J connectivity index is 2.62. The molecular weight excluding hydrogens is 255 g/mol. The van der Waals surface area contributed by atoms with Crippen LogP contribution in [0.5, 0.6) is 0 Å². The van der Waals surface area contributed by atoms with E-state index in [4.69, 9.17) is 5.73 Å². The molecule has 2 rings (SSSR count). The average molecular weight is 263 g/mol. The molecule has 92 valence electrons. The van der Waals surface area contributed by atoms with Crippen molar-refractivity contribution < 1.29 is 21.6 Å². The number of hydrogen-bond donors (Lipinski definition) is 1. The molecule has 2 N–H and O–H groups in total. The summed E-state index contributed by atoms with van der Waals surface area (Å²) >= 11 is 0. The first-order valence-electron chi connectivity index (χ1n) is 4.64. The molecule has 0 bridgehead atoms. The fraction of sp³-hybridized carbons (Fsp3) is 0.200. The Morgan fingerprint density at radius 2 is 1.88 bits per heavy atom. The van der Waals surface area contributed by atoms with Crippen LogP contribution in [-0.4, -0.2) is 15.0 Å². The molecule has 1 aromatic carbocycles. The molecule has 0 saturated carbocycles. The molecule has 1 aliphatic rings. The molecule has 0 saturated heterocycles. The molecule has 0 spiro atoms. The largest absolute Gasteiger partial charge is 0.416 e. The first-order chi connectivity index (χ1) is 7.76. The zero-order valence-electron chi connectivity index (χ0n) is 8.45. The van der Waals surface area contributed by atoms with Crippen molar-refractivity contribution in [2.75, 3.05) is 6.54 Å². The second-order valence-electron chi connectivity index (χ2n) is 3.57. The van der Waals surface area contributed by atoms with E-state index in [9.17, 15) is 21.6 Å². The number of rotatable bonds is 1. The highest BCUT2D eigenvalue weighted by molar-refractivity contribution is 7.95. The maximum Gasteiger partial charge on any atom is 0.416 e. The summed E-state index contributed by atoms with van der Waals surface area (Å²) in [5, 5.41) is 0. The Hall–Kier alpha value is -1.34. The number of sulfone groups is 1. The summed E-state index contributed by atoms with van der Waals surface area (Å²) in [4.78, 5) is -0.183. The Morgan fingerprint density at radius 1 is 1.24 bits per heavy atom. The lowest BCUT2D eigenvalue weighted by Crippen LogP contribution is -2.10. The van der Waals surface area contributed by atoms with Gasteiger partial charge in [0.15, 0.2) is 0 Å². The van der Waals surface area contributed by atoms with Crippen LogP contribution in [0.25, 0.3) is 6.08 Å². The summed E-state index contributed by atoms with van der Waals surface area (Å²) in [6, 6.07) is 2.53. The predicted octanol–water partition coefficient (Wildman–Crippen LogP) is 1.79. The van der Waals surface area contributed by atoms with Crippen molar-refractivity contribution in [1.29, 1.82) is 0 Å². The quantitative estimate of drug-likeness (QED) is 0.840. The number of fused-ring (bicyclic) bond motifs is 1. The smallest absolute Gasteiger partial charge is 0.326 e. The second-order valence-corrected chi connectivity index (χ2v) is 5.54. The van der Waals surface area contributed by atoms with Gasteiger partial charge >= 0.3 is 6.18 Å². The standard InChI is InChI=1S/C10H8F3NO2S/c11-10(12,13)7-1-2-9-6(3-7)4-8(5-14)17(9,15)16/h1-4H,5,14H2. The molecule has 17 heavy (non-hydrogen) atoms. The Bertz CT molecular complexity index is 602. The van der Waals surface area contributed by atoms with Gasteiger partial charge < -0.3 is 5.73 Å². The van der Waals surface area contributed by atoms with Crippen molar-refractivity contribution in [3.63, 3.8) is 0 Å². The molecule has 0 radical (unpaired) electrons. The fourth-order valence-electron chi connectivity index (χ4n) is 1.64. The minimum atomic E-state index is -4.49. The minimum Gasteiger partial charge on any atom is -0.326 e. The van der Waals surface area contributed by atoms with E-state index in [1.807, 2.05) is 0 Å². The maximum atomic E-state index is 12.4. The fourth-order valence-corrected chi connectivity index (χ4v) is 3.10. The van der Waals surface area contributed by atoms with E-state index in [1.165, 1.54) is 6.08 Å². The van der Waals surface area contributed by atoms with Crippen LogP contribution in [0.3, 0.4) is 0 Å². The molecule has 1 aromatic rings. The highest BCUT2D eigenvalue weighted by Gasteiger charge is 2.34. The maximum absolute atomic E-state index is 12.4. The molecule has 0 aromatic heterocycles. The van der Waals surface area contributed by atoms with E-state index in [0.29, 0.717) is 0 Å². The SMILES string of the molecule is NCC1=Cc2cc(C(F)(F)F)ccc2S1(=O)=O. The van der Waals surface area contributed by atoms with E-state index in [2.05, 4.69) is 0 Å². The van der Waals surface area contributed by atoms with Crippen LogP contribution in [0.1, 0.15) is 11.1 Å². The van der Waals surface area contributed by atoms with Crippen LogP contribution in [0, 0.1) is 0 Å². The number of alkyl halides is 3. The second kappa shape index (κ2) is 3.58. The molecule has 0 aliphatic carbocycles. The van der Waals surface area contributed by atoms with Crippen LogP contribution < -0.4 is 5.73 Å². The number of halogens is 3. The highest BCUT2D eigenvalue weighted by Crippen LogP contribution is 2.37. The van der Waals surface area contributed by atoms with Crippen LogP contribution in [0.15, 0.2) is 28.0 Å². The molecule has 3 nitrogen and oxygen atoms in total. The molecule has 1 aliphatic heterocycles. The van der Waals surface area contributed by atoms with E-state index in [0.717, 1.165) is 18.2 Å². The van der Waals surface area contributed by atoms with Crippen molar-refractivity contribution in [2.45, 2.75) is 11.1 Å². The predicted molar refractivity (Wildman–Crippen MR) is 55.7 cm³/mol. The van der Waals surface area contributed by atoms with E-state index >= 15 is 0 Å². The molecule has 0 amide bonds. The van der Waals surface area contributed by atoms with E-state index < -0.39 is 21.6 Å². The summed E-state index contributed by atoms with van der Waals surface area (Å²) < 4.78 is 60.8. The third kappa shape index (κ3) is 1.85. The molecule has 0 unspecified atom stereocenters. The third-order valence-corrected chi connectivity index (χ3v) is 4.42. The van der Waals surface area contributed by atoms with Gasteiger partial charge in [-0.1, -0.05) is 0 Å². The zero-order valence-corrected chi connectivity index (χ0v) is 9.27. The average Bonchev–Trinajstić information content (AvgIpc) is 2.48. The zero-order chi connectivity index (χ0) is 12.8. The van der Waals surface area contributed by atoms with Crippen molar-refractivity contribution in [1.82, 2.24) is 0 Å². The van der Waals surface area contributed by atoms with Gasteiger partial charge in [-0.25, -0.2) is 8.42 Å². The number of benzene rings is 1. The number of hydrogen-bond acceptors (Lipinski definition) is 3. The summed E-state index contributed by atoms with van der Waals surface area (Å²) in [6.07, 6.45) is -3.31. The van der Waals surface area contributed by atoms with Gasteiger partial charge in [0.1, 0.15) is 0 Å². The first-order valence-corrected chi connectivity index (χ1v) is 6.12. The van der Waals surface area contributed by atoms with E-state index in [1.54, 1.807) is 0 Å². The Kier molecular flexibility index (Phi) is 2.55. The Labute approximate surface area is 95.7 Å². The van der Waals surface area contributed by atoms with Gasteiger partial charge in [-0.2, -0.15) is 13.2 Å². The van der Waals surface area contributed by atoms with Crippen molar-refractivity contribution >= 4 is 15.9 Å². The summed E-state index contributed by atoms with van der Waals surface area (Å²) in [5.74, 6) is 0. The lowest BCUT2D eigenvalue weighted by atomic mass is 10.1. The van der Waals surface area contributed by atoms with Crippen molar-refractivity contribution in [2.24, 2.45) is 5.73 Å². The van der Waals surface area contributed by atoms with Crippen LogP contribution in [0.4, 0.5) is 13.2 Å². The van der Waals surface area contributed by atoms with Crippen LogP contribution in [0.2, 0.25) is 0 Å². The van der Waals surface area contributed by atoms with Gasteiger partial charge in [-0.05, 0) is 29.8 Å². The van der Waals surface area contributed by atoms with Gasteiger partial charge in [0.25, 0.3) is 0 Å². The van der Waals surface area contributed by atoms with Gasteiger partial charge in [-0.3, -0.25) is 0 Å². The summed E-state index contributed by atoms with van der Waals surface area (Å²) in [7, 11) is -3.69. The number of nitrogens with two attached hydrogens (primary N) is 1.